The van der Waals surface area contributed by atoms with Crippen molar-refractivity contribution in [1.82, 2.24) is 10.2 Å². The van der Waals surface area contributed by atoms with Crippen LogP contribution in [-0.2, 0) is 4.74 Å². The van der Waals surface area contributed by atoms with E-state index in [9.17, 15) is 9.59 Å². The van der Waals surface area contributed by atoms with Gasteiger partial charge in [0, 0.05) is 25.2 Å². The molecule has 6 heteroatoms. The molecule has 2 aromatic rings. The Morgan fingerprint density at radius 2 is 1.90 bits per heavy atom. The number of amides is 2. The number of hydrogen-bond donors (Lipinski definition) is 1. The van der Waals surface area contributed by atoms with Crippen LogP contribution in [-0.4, -0.2) is 48.1 Å². The molecule has 2 saturated heterocycles. The zero-order chi connectivity index (χ0) is 20.4. The first kappa shape index (κ1) is 19.7. The molecule has 29 heavy (non-hydrogen) atoms. The van der Waals surface area contributed by atoms with E-state index >= 15 is 0 Å². The van der Waals surface area contributed by atoms with Crippen LogP contribution >= 0.6 is 0 Å². The van der Waals surface area contributed by atoms with Crippen LogP contribution < -0.4 is 5.32 Å². The minimum absolute atomic E-state index is 0.0174. The summed E-state index contributed by atoms with van der Waals surface area (Å²) in [4.78, 5) is 26.8. The minimum Gasteiger partial charge on any atom is -0.472 e. The fourth-order valence-electron chi connectivity index (χ4n) is 4.28. The molecule has 4 rings (SSSR count). The Labute approximate surface area is 171 Å². The van der Waals surface area contributed by atoms with Gasteiger partial charge in [0.2, 0.25) is 0 Å². The summed E-state index contributed by atoms with van der Waals surface area (Å²) in [6.45, 7) is 5.94. The van der Waals surface area contributed by atoms with Gasteiger partial charge in [0.05, 0.1) is 23.5 Å². The lowest BCUT2D eigenvalue weighted by Gasteiger charge is -2.39. The van der Waals surface area contributed by atoms with Crippen LogP contribution in [0.3, 0.4) is 0 Å². The molecule has 1 spiro atoms. The van der Waals surface area contributed by atoms with Gasteiger partial charge in [0.25, 0.3) is 11.8 Å². The van der Waals surface area contributed by atoms with Crippen molar-refractivity contribution in [3.8, 4) is 0 Å². The zero-order valence-electron chi connectivity index (χ0n) is 17.1. The maximum Gasteiger partial charge on any atom is 0.257 e. The second-order valence-corrected chi connectivity index (χ2v) is 8.27. The Balaban J connectivity index is 1.26. The first-order chi connectivity index (χ1) is 14.0. The summed E-state index contributed by atoms with van der Waals surface area (Å²) in [7, 11) is 0. The van der Waals surface area contributed by atoms with Gasteiger partial charge in [-0.05, 0) is 68.9 Å². The van der Waals surface area contributed by atoms with Gasteiger partial charge < -0.3 is 19.4 Å². The second-order valence-electron chi connectivity index (χ2n) is 8.27. The van der Waals surface area contributed by atoms with E-state index in [2.05, 4.69) is 5.32 Å². The van der Waals surface area contributed by atoms with Crippen LogP contribution in [0.2, 0.25) is 0 Å². The number of likely N-dealkylation sites (tertiary alicyclic amines) is 1. The minimum atomic E-state index is -0.164. The first-order valence-corrected chi connectivity index (χ1v) is 10.3. The maximum absolute atomic E-state index is 12.5. The lowest BCUT2D eigenvalue weighted by Crippen LogP contribution is -2.47. The van der Waals surface area contributed by atoms with Gasteiger partial charge in [-0.15, -0.1) is 0 Å². The van der Waals surface area contributed by atoms with Crippen LogP contribution in [0.25, 0.3) is 0 Å². The molecule has 0 aliphatic carbocycles. The summed E-state index contributed by atoms with van der Waals surface area (Å²) in [5.74, 6) is -0.0398. The van der Waals surface area contributed by atoms with Crippen LogP contribution in [0.5, 0.6) is 0 Å². The van der Waals surface area contributed by atoms with E-state index in [0.717, 1.165) is 31.2 Å². The third-order valence-corrected chi connectivity index (χ3v) is 6.33. The van der Waals surface area contributed by atoms with E-state index in [1.54, 1.807) is 6.07 Å². The number of benzene rings is 1. The van der Waals surface area contributed by atoms with E-state index in [1.807, 2.05) is 36.9 Å². The molecule has 2 aliphatic rings. The number of carbonyl (C=O) groups excluding carboxylic acids is 2. The summed E-state index contributed by atoms with van der Waals surface area (Å²) in [6.07, 6.45) is 6.62. The number of ether oxygens (including phenoxy) is 1. The van der Waals surface area contributed by atoms with Crippen molar-refractivity contribution < 1.29 is 18.7 Å². The van der Waals surface area contributed by atoms with Crippen molar-refractivity contribution in [2.24, 2.45) is 0 Å². The average Bonchev–Trinajstić information content (AvgIpc) is 3.39. The number of furan rings is 1. The summed E-state index contributed by atoms with van der Waals surface area (Å²) < 4.78 is 11.4. The molecule has 154 valence electrons. The number of hydrogen-bond acceptors (Lipinski definition) is 4. The van der Waals surface area contributed by atoms with Gasteiger partial charge >= 0.3 is 0 Å². The molecule has 1 N–H and O–H groups in total. The Hall–Kier alpha value is -2.60. The molecule has 3 heterocycles. The molecule has 0 bridgehead atoms. The predicted octanol–water partition coefficient (Wildman–Crippen LogP) is 3.48. The van der Waals surface area contributed by atoms with Crippen molar-refractivity contribution in [3.05, 3.63) is 59.0 Å². The van der Waals surface area contributed by atoms with Gasteiger partial charge in [-0.25, -0.2) is 0 Å². The molecular formula is C23H28N2O4. The highest BCUT2D eigenvalue weighted by molar-refractivity contribution is 5.94. The molecular weight excluding hydrogens is 368 g/mol. The quantitative estimate of drug-likeness (QED) is 0.859. The predicted molar refractivity (Wildman–Crippen MR) is 109 cm³/mol. The lowest BCUT2D eigenvalue weighted by molar-refractivity contribution is -0.0712. The average molecular weight is 396 g/mol. The summed E-state index contributed by atoms with van der Waals surface area (Å²) in [5, 5.41) is 3.02. The number of carbonyl (C=O) groups is 2. The van der Waals surface area contributed by atoms with Crippen LogP contribution in [0.15, 0.2) is 41.2 Å². The topological polar surface area (TPSA) is 71.8 Å². The molecule has 0 saturated carbocycles. The standard InChI is InChI=1S/C23H28N2O4/c1-16-3-4-18(13-17(16)2)21(26)24-14-20-5-7-23(29-20)8-10-25(11-9-23)22(27)19-6-12-28-15-19/h3-4,6,12-13,15,20H,5,7-11,14H2,1-2H3,(H,24,26)/t20-/m0/s1. The zero-order valence-corrected chi connectivity index (χ0v) is 17.1. The third-order valence-electron chi connectivity index (χ3n) is 6.33. The van der Waals surface area contributed by atoms with E-state index in [0.29, 0.717) is 30.8 Å². The monoisotopic (exact) mass is 396 g/mol. The fraction of sp³-hybridized carbons (Fsp3) is 0.478. The number of piperidine rings is 1. The van der Waals surface area contributed by atoms with E-state index in [-0.39, 0.29) is 23.5 Å². The van der Waals surface area contributed by atoms with Gasteiger partial charge in [-0.1, -0.05) is 6.07 Å². The van der Waals surface area contributed by atoms with Gasteiger partial charge in [-0.3, -0.25) is 9.59 Å². The van der Waals surface area contributed by atoms with E-state index < -0.39 is 0 Å². The molecule has 2 amide bonds. The molecule has 2 fully saturated rings. The van der Waals surface area contributed by atoms with Crippen molar-refractivity contribution in [2.75, 3.05) is 19.6 Å². The largest absolute Gasteiger partial charge is 0.472 e. The number of aryl methyl sites for hydroxylation is 2. The highest BCUT2D eigenvalue weighted by Gasteiger charge is 2.43. The molecule has 2 aliphatic heterocycles. The maximum atomic E-state index is 12.5. The highest BCUT2D eigenvalue weighted by atomic mass is 16.5. The Morgan fingerprint density at radius 1 is 1.10 bits per heavy atom. The van der Waals surface area contributed by atoms with E-state index in [1.165, 1.54) is 18.1 Å². The first-order valence-electron chi connectivity index (χ1n) is 10.3. The normalized spacial score (nSPS) is 20.8. The smallest absolute Gasteiger partial charge is 0.257 e. The highest BCUT2D eigenvalue weighted by Crippen LogP contribution is 2.39. The number of nitrogens with zero attached hydrogens (tertiary/aromatic N) is 1. The lowest BCUT2D eigenvalue weighted by atomic mass is 9.88. The summed E-state index contributed by atoms with van der Waals surface area (Å²) in [5.41, 5.74) is 3.42. The van der Waals surface area contributed by atoms with Crippen molar-refractivity contribution in [2.45, 2.75) is 51.2 Å². The molecule has 0 radical (unpaired) electrons. The molecule has 1 aromatic heterocycles. The number of nitrogens with one attached hydrogen (secondary N) is 1. The van der Waals surface area contributed by atoms with Crippen molar-refractivity contribution in [3.63, 3.8) is 0 Å². The molecule has 0 unspecified atom stereocenters. The van der Waals surface area contributed by atoms with Crippen LogP contribution in [0, 0.1) is 13.8 Å². The van der Waals surface area contributed by atoms with Crippen molar-refractivity contribution >= 4 is 11.8 Å². The molecule has 6 nitrogen and oxygen atoms in total. The van der Waals surface area contributed by atoms with Gasteiger partial charge in [-0.2, -0.15) is 0 Å². The van der Waals surface area contributed by atoms with Crippen LogP contribution in [0.1, 0.15) is 57.5 Å². The van der Waals surface area contributed by atoms with Gasteiger partial charge in [0.1, 0.15) is 6.26 Å². The van der Waals surface area contributed by atoms with E-state index in [4.69, 9.17) is 9.15 Å². The Morgan fingerprint density at radius 3 is 2.59 bits per heavy atom. The third kappa shape index (κ3) is 4.22. The Kier molecular flexibility index (Phi) is 5.46. The van der Waals surface area contributed by atoms with Gasteiger partial charge in [0.15, 0.2) is 0 Å². The number of rotatable bonds is 4. The molecule has 1 atom stereocenters. The summed E-state index contributed by atoms with van der Waals surface area (Å²) >= 11 is 0. The fourth-order valence-corrected chi connectivity index (χ4v) is 4.28. The Bertz CT molecular complexity index is 882. The van der Waals surface area contributed by atoms with Crippen LogP contribution in [0.4, 0.5) is 0 Å². The second kappa shape index (κ2) is 8.03. The molecule has 1 aromatic carbocycles. The summed E-state index contributed by atoms with van der Waals surface area (Å²) in [6, 6.07) is 7.47. The SMILES string of the molecule is Cc1ccc(C(=O)NC[C@@H]2CCC3(CCN(C(=O)c4ccoc4)CC3)O2)cc1C. The van der Waals surface area contributed by atoms with Crippen molar-refractivity contribution in [1.29, 1.82) is 0 Å².